The molecular formula is C11H11BrN2O. The molecule has 0 unspecified atom stereocenters. The molecule has 15 heavy (non-hydrogen) atoms. The lowest BCUT2D eigenvalue weighted by Crippen LogP contribution is -2.46. The van der Waals surface area contributed by atoms with Crippen LogP contribution < -0.4 is 0 Å². The van der Waals surface area contributed by atoms with Crippen molar-refractivity contribution in [2.24, 2.45) is 4.99 Å². The van der Waals surface area contributed by atoms with Gasteiger partial charge in [0.25, 0.3) is 5.91 Å². The second-order valence-electron chi connectivity index (χ2n) is 4.23. The van der Waals surface area contributed by atoms with Gasteiger partial charge in [0, 0.05) is 10.7 Å². The van der Waals surface area contributed by atoms with E-state index in [0.717, 1.165) is 36.0 Å². The Morgan fingerprint density at radius 1 is 1.33 bits per heavy atom. The van der Waals surface area contributed by atoms with E-state index in [4.69, 9.17) is 0 Å². The molecule has 1 amide bonds. The van der Waals surface area contributed by atoms with Gasteiger partial charge in [0.1, 0.15) is 11.4 Å². The number of hydrogen-bond acceptors (Lipinski definition) is 2. The van der Waals surface area contributed by atoms with E-state index in [1.54, 1.807) is 0 Å². The monoisotopic (exact) mass is 266 g/mol. The number of hydrogen-bond donors (Lipinski definition) is 0. The van der Waals surface area contributed by atoms with E-state index in [0.29, 0.717) is 0 Å². The Morgan fingerprint density at radius 2 is 2.07 bits per heavy atom. The topological polar surface area (TPSA) is 32.7 Å². The Kier molecular flexibility index (Phi) is 1.89. The normalized spacial score (nSPS) is 27.0. The van der Waals surface area contributed by atoms with Crippen molar-refractivity contribution in [3.05, 3.63) is 22.8 Å². The first-order valence-electron chi connectivity index (χ1n) is 5.20. The molecular weight excluding hydrogens is 256 g/mol. The zero-order valence-electron chi connectivity index (χ0n) is 8.24. The van der Waals surface area contributed by atoms with Crippen LogP contribution in [0.25, 0.3) is 0 Å². The number of amidine groups is 1. The Morgan fingerprint density at radius 3 is 2.80 bits per heavy atom. The molecule has 1 aliphatic carbocycles. The summed E-state index contributed by atoms with van der Waals surface area (Å²) < 4.78 is 1.00. The third-order valence-electron chi connectivity index (χ3n) is 3.40. The van der Waals surface area contributed by atoms with Crippen molar-refractivity contribution in [3.8, 4) is 0 Å². The van der Waals surface area contributed by atoms with E-state index in [1.807, 2.05) is 23.3 Å². The molecule has 3 rings (SSSR count). The van der Waals surface area contributed by atoms with Gasteiger partial charge in [-0.1, -0.05) is 12.8 Å². The van der Waals surface area contributed by atoms with Gasteiger partial charge in [-0.05, 0) is 40.9 Å². The van der Waals surface area contributed by atoms with Crippen molar-refractivity contribution in [1.82, 2.24) is 4.90 Å². The smallest absolute Gasteiger partial charge is 0.273 e. The maximum atomic E-state index is 12.0. The van der Waals surface area contributed by atoms with Gasteiger partial charge in [-0.25, -0.2) is 0 Å². The molecule has 0 N–H and O–H groups in total. The molecule has 0 atom stereocenters. The fourth-order valence-electron chi connectivity index (χ4n) is 2.63. The number of carbonyl (C=O) groups is 1. The van der Waals surface area contributed by atoms with Crippen LogP contribution >= 0.6 is 15.9 Å². The molecule has 0 radical (unpaired) electrons. The first kappa shape index (κ1) is 9.33. The summed E-state index contributed by atoms with van der Waals surface area (Å²) in [4.78, 5) is 18.1. The predicted molar refractivity (Wildman–Crippen MR) is 61.6 cm³/mol. The van der Waals surface area contributed by atoms with Crippen LogP contribution in [0.15, 0.2) is 27.8 Å². The van der Waals surface area contributed by atoms with Gasteiger partial charge in [0.2, 0.25) is 0 Å². The Balaban J connectivity index is 2.07. The minimum atomic E-state index is -0.348. The molecule has 2 aliphatic heterocycles. The molecule has 3 aliphatic rings. The molecule has 0 bridgehead atoms. The third-order valence-corrected chi connectivity index (χ3v) is 3.87. The zero-order chi connectivity index (χ0) is 10.5. The summed E-state index contributed by atoms with van der Waals surface area (Å²) in [6, 6.07) is 0. The molecule has 0 aromatic rings. The molecule has 4 heteroatoms. The standard InChI is InChI=1S/C11H11BrN2O/c12-8-3-4-9-13-10(15)11(14(9)7-8)5-1-2-6-11/h3-4,7H,1-2,5-6H2. The van der Waals surface area contributed by atoms with Crippen LogP contribution in [0.1, 0.15) is 25.7 Å². The Bertz CT molecular complexity index is 416. The van der Waals surface area contributed by atoms with Crippen LogP contribution in [0, 0.1) is 0 Å². The number of allylic oxidation sites excluding steroid dienone is 2. The van der Waals surface area contributed by atoms with Crippen molar-refractivity contribution < 1.29 is 4.79 Å². The van der Waals surface area contributed by atoms with Gasteiger partial charge in [-0.15, -0.1) is 0 Å². The Labute approximate surface area is 96.7 Å². The van der Waals surface area contributed by atoms with E-state index in [1.165, 1.54) is 0 Å². The van der Waals surface area contributed by atoms with Gasteiger partial charge in [0.15, 0.2) is 0 Å². The van der Waals surface area contributed by atoms with Crippen LogP contribution in [0.5, 0.6) is 0 Å². The number of rotatable bonds is 0. The average molecular weight is 267 g/mol. The van der Waals surface area contributed by atoms with E-state index in [2.05, 4.69) is 20.9 Å². The molecule has 1 spiro atoms. The van der Waals surface area contributed by atoms with Crippen LogP contribution in [0.3, 0.4) is 0 Å². The fourth-order valence-corrected chi connectivity index (χ4v) is 2.96. The van der Waals surface area contributed by atoms with E-state index in [9.17, 15) is 4.79 Å². The summed E-state index contributed by atoms with van der Waals surface area (Å²) in [5.74, 6) is 0.836. The first-order valence-corrected chi connectivity index (χ1v) is 6.00. The minimum Gasteiger partial charge on any atom is -0.316 e. The average Bonchev–Trinajstić information content (AvgIpc) is 2.78. The number of aliphatic imine (C=N–C) groups is 1. The number of halogens is 1. The molecule has 0 aromatic carbocycles. The largest absolute Gasteiger partial charge is 0.316 e. The SMILES string of the molecule is O=C1N=C2C=CC(Br)=CN2C12CCCC2. The molecule has 2 heterocycles. The van der Waals surface area contributed by atoms with Crippen molar-refractivity contribution in [1.29, 1.82) is 0 Å². The van der Waals surface area contributed by atoms with Gasteiger partial charge in [-0.3, -0.25) is 4.79 Å². The molecule has 78 valence electrons. The summed E-state index contributed by atoms with van der Waals surface area (Å²) in [6.07, 6.45) is 9.92. The van der Waals surface area contributed by atoms with Gasteiger partial charge in [0.05, 0.1) is 0 Å². The summed E-state index contributed by atoms with van der Waals surface area (Å²) in [6.45, 7) is 0. The van der Waals surface area contributed by atoms with E-state index < -0.39 is 0 Å². The number of fused-ring (bicyclic) bond motifs is 2. The van der Waals surface area contributed by atoms with Crippen molar-refractivity contribution >= 4 is 27.7 Å². The molecule has 0 saturated heterocycles. The van der Waals surface area contributed by atoms with E-state index in [-0.39, 0.29) is 11.4 Å². The maximum absolute atomic E-state index is 12.0. The predicted octanol–water partition coefficient (Wildman–Crippen LogP) is 2.35. The van der Waals surface area contributed by atoms with Gasteiger partial charge < -0.3 is 4.90 Å². The lowest BCUT2D eigenvalue weighted by atomic mass is 9.95. The maximum Gasteiger partial charge on any atom is 0.273 e. The summed E-state index contributed by atoms with van der Waals surface area (Å²) in [7, 11) is 0. The summed E-state index contributed by atoms with van der Waals surface area (Å²) >= 11 is 3.44. The van der Waals surface area contributed by atoms with Crippen LogP contribution in [-0.2, 0) is 4.79 Å². The number of amides is 1. The number of nitrogens with zero attached hydrogens (tertiary/aromatic N) is 2. The van der Waals surface area contributed by atoms with Crippen LogP contribution in [0.2, 0.25) is 0 Å². The lowest BCUT2D eigenvalue weighted by Gasteiger charge is -2.33. The lowest BCUT2D eigenvalue weighted by molar-refractivity contribution is -0.124. The summed E-state index contributed by atoms with van der Waals surface area (Å²) in [5, 5.41) is 0. The van der Waals surface area contributed by atoms with Crippen molar-refractivity contribution in [3.63, 3.8) is 0 Å². The molecule has 3 nitrogen and oxygen atoms in total. The molecule has 0 aromatic heterocycles. The highest BCUT2D eigenvalue weighted by Crippen LogP contribution is 2.41. The third kappa shape index (κ3) is 1.17. The first-order chi connectivity index (χ1) is 7.22. The molecule has 1 fully saturated rings. The highest BCUT2D eigenvalue weighted by molar-refractivity contribution is 9.11. The Hall–Kier alpha value is -0.900. The fraction of sp³-hybridized carbons (Fsp3) is 0.455. The quantitative estimate of drug-likeness (QED) is 0.674. The van der Waals surface area contributed by atoms with Gasteiger partial charge >= 0.3 is 0 Å². The van der Waals surface area contributed by atoms with Crippen LogP contribution in [0.4, 0.5) is 0 Å². The second kappa shape index (κ2) is 3.04. The second-order valence-corrected chi connectivity index (χ2v) is 5.15. The molecule has 1 saturated carbocycles. The highest BCUT2D eigenvalue weighted by Gasteiger charge is 2.51. The van der Waals surface area contributed by atoms with Crippen molar-refractivity contribution in [2.75, 3.05) is 0 Å². The minimum absolute atomic E-state index is 0.0399. The highest BCUT2D eigenvalue weighted by atomic mass is 79.9. The van der Waals surface area contributed by atoms with Crippen molar-refractivity contribution in [2.45, 2.75) is 31.2 Å². The summed E-state index contributed by atoms with van der Waals surface area (Å²) in [5.41, 5.74) is -0.348. The van der Waals surface area contributed by atoms with E-state index >= 15 is 0 Å². The van der Waals surface area contributed by atoms with Crippen LogP contribution in [-0.4, -0.2) is 22.2 Å². The number of carbonyl (C=O) groups excluding carboxylic acids is 1. The van der Waals surface area contributed by atoms with Gasteiger partial charge in [-0.2, -0.15) is 4.99 Å². The zero-order valence-corrected chi connectivity index (χ0v) is 9.83.